The molecule has 18 heavy (non-hydrogen) atoms. The lowest BCUT2D eigenvalue weighted by molar-refractivity contribution is 0.300. The number of halogens is 2. The third-order valence-corrected chi connectivity index (χ3v) is 4.57. The van der Waals surface area contributed by atoms with Crippen LogP contribution in [-0.2, 0) is 11.8 Å². The van der Waals surface area contributed by atoms with Crippen LogP contribution in [0.4, 0.5) is 4.39 Å². The molecular weight excluding hydrogens is 249 g/mol. The van der Waals surface area contributed by atoms with Gasteiger partial charge in [-0.2, -0.15) is 0 Å². The zero-order valence-corrected chi connectivity index (χ0v) is 11.7. The summed E-state index contributed by atoms with van der Waals surface area (Å²) < 4.78 is 13.8. The largest absolute Gasteiger partial charge is 0.330 e. The Hall–Kier alpha value is -0.600. The van der Waals surface area contributed by atoms with E-state index in [4.69, 9.17) is 17.3 Å². The second kappa shape index (κ2) is 5.58. The topological polar surface area (TPSA) is 26.0 Å². The molecule has 0 amide bonds. The SMILES string of the molecule is CCc1cc(C2(CN)CCCCC2)cc(Cl)c1F. The van der Waals surface area contributed by atoms with Crippen molar-refractivity contribution in [1.29, 1.82) is 0 Å². The highest BCUT2D eigenvalue weighted by Gasteiger charge is 2.33. The Morgan fingerprint density at radius 3 is 2.50 bits per heavy atom. The molecule has 100 valence electrons. The van der Waals surface area contributed by atoms with Crippen LogP contribution in [0.2, 0.25) is 5.02 Å². The fourth-order valence-electron chi connectivity index (χ4n) is 3.05. The molecule has 0 aliphatic heterocycles. The molecule has 1 aromatic carbocycles. The van der Waals surface area contributed by atoms with Gasteiger partial charge in [0.15, 0.2) is 0 Å². The van der Waals surface area contributed by atoms with E-state index in [2.05, 4.69) is 0 Å². The van der Waals surface area contributed by atoms with Crippen molar-refractivity contribution >= 4 is 11.6 Å². The number of nitrogens with two attached hydrogens (primary N) is 1. The zero-order valence-electron chi connectivity index (χ0n) is 10.9. The highest BCUT2D eigenvalue weighted by atomic mass is 35.5. The van der Waals surface area contributed by atoms with Crippen molar-refractivity contribution in [2.24, 2.45) is 5.73 Å². The second-order valence-electron chi connectivity index (χ2n) is 5.33. The van der Waals surface area contributed by atoms with Gasteiger partial charge in [-0.05, 0) is 36.5 Å². The van der Waals surface area contributed by atoms with E-state index in [0.29, 0.717) is 18.5 Å². The van der Waals surface area contributed by atoms with Crippen LogP contribution >= 0.6 is 11.6 Å². The summed E-state index contributed by atoms with van der Waals surface area (Å²) in [6.45, 7) is 2.58. The standard InChI is InChI=1S/C15H21ClFN/c1-2-11-8-12(9-13(16)14(11)17)15(10-18)6-4-3-5-7-15/h8-9H,2-7,10,18H2,1H3. The molecule has 1 fully saturated rings. The molecule has 1 aromatic rings. The van der Waals surface area contributed by atoms with Gasteiger partial charge in [0, 0.05) is 12.0 Å². The third kappa shape index (κ3) is 2.41. The smallest absolute Gasteiger partial charge is 0.144 e. The van der Waals surface area contributed by atoms with Gasteiger partial charge in [-0.15, -0.1) is 0 Å². The van der Waals surface area contributed by atoms with Gasteiger partial charge in [-0.1, -0.05) is 43.9 Å². The number of hydrogen-bond acceptors (Lipinski definition) is 1. The quantitative estimate of drug-likeness (QED) is 0.874. The Bertz CT molecular complexity index is 425. The Morgan fingerprint density at radius 2 is 1.94 bits per heavy atom. The second-order valence-corrected chi connectivity index (χ2v) is 5.74. The van der Waals surface area contributed by atoms with Crippen molar-refractivity contribution in [2.45, 2.75) is 50.9 Å². The van der Waals surface area contributed by atoms with Gasteiger partial charge < -0.3 is 5.73 Å². The van der Waals surface area contributed by atoms with E-state index >= 15 is 0 Å². The predicted molar refractivity (Wildman–Crippen MR) is 74.6 cm³/mol. The van der Waals surface area contributed by atoms with Gasteiger partial charge in [0.1, 0.15) is 5.82 Å². The normalized spacial score (nSPS) is 18.9. The lowest BCUT2D eigenvalue weighted by Crippen LogP contribution is -2.37. The van der Waals surface area contributed by atoms with Crippen LogP contribution in [0.15, 0.2) is 12.1 Å². The first-order chi connectivity index (χ1) is 8.63. The third-order valence-electron chi connectivity index (χ3n) is 4.30. The van der Waals surface area contributed by atoms with Gasteiger partial charge in [0.05, 0.1) is 5.02 Å². The molecular formula is C15H21ClFN. The molecule has 0 radical (unpaired) electrons. The Balaban J connectivity index is 2.45. The lowest BCUT2D eigenvalue weighted by atomic mass is 9.69. The molecule has 0 spiro atoms. The summed E-state index contributed by atoms with van der Waals surface area (Å²) in [6, 6.07) is 3.76. The Kier molecular flexibility index (Phi) is 4.29. The van der Waals surface area contributed by atoms with E-state index < -0.39 is 0 Å². The van der Waals surface area contributed by atoms with E-state index in [9.17, 15) is 4.39 Å². The van der Waals surface area contributed by atoms with E-state index in [1.807, 2.05) is 13.0 Å². The van der Waals surface area contributed by atoms with Crippen LogP contribution in [-0.4, -0.2) is 6.54 Å². The highest BCUT2D eigenvalue weighted by molar-refractivity contribution is 6.30. The lowest BCUT2D eigenvalue weighted by Gasteiger charge is -2.37. The molecule has 1 aliphatic carbocycles. The molecule has 0 atom stereocenters. The van der Waals surface area contributed by atoms with Gasteiger partial charge in [0.2, 0.25) is 0 Å². The van der Waals surface area contributed by atoms with E-state index in [1.165, 1.54) is 19.3 Å². The summed E-state index contributed by atoms with van der Waals surface area (Å²) in [5.74, 6) is -0.272. The first-order valence-corrected chi connectivity index (χ1v) is 7.19. The fourth-order valence-corrected chi connectivity index (χ4v) is 3.29. The number of rotatable bonds is 3. The maximum Gasteiger partial charge on any atom is 0.144 e. The minimum atomic E-state index is -0.272. The molecule has 2 rings (SSSR count). The van der Waals surface area contributed by atoms with E-state index in [-0.39, 0.29) is 16.3 Å². The summed E-state index contributed by atoms with van der Waals surface area (Å²) in [5, 5.41) is 0.239. The minimum Gasteiger partial charge on any atom is -0.330 e. The number of hydrogen-bond donors (Lipinski definition) is 1. The van der Waals surface area contributed by atoms with Crippen molar-refractivity contribution < 1.29 is 4.39 Å². The maximum atomic E-state index is 13.8. The monoisotopic (exact) mass is 269 g/mol. The molecule has 1 aliphatic rings. The molecule has 0 bridgehead atoms. The average molecular weight is 270 g/mol. The first kappa shape index (κ1) is 13.8. The van der Waals surface area contributed by atoms with Crippen molar-refractivity contribution in [1.82, 2.24) is 0 Å². The Morgan fingerprint density at radius 1 is 1.28 bits per heavy atom. The minimum absolute atomic E-state index is 0.0134. The van der Waals surface area contributed by atoms with Crippen LogP contribution in [0.1, 0.15) is 50.2 Å². The summed E-state index contributed by atoms with van der Waals surface area (Å²) in [5.41, 5.74) is 7.86. The van der Waals surface area contributed by atoms with Gasteiger partial charge in [0.25, 0.3) is 0 Å². The number of aryl methyl sites for hydroxylation is 1. The van der Waals surface area contributed by atoms with Gasteiger partial charge in [-0.3, -0.25) is 0 Å². The fraction of sp³-hybridized carbons (Fsp3) is 0.600. The molecule has 3 heteroatoms. The van der Waals surface area contributed by atoms with Crippen LogP contribution in [0.3, 0.4) is 0 Å². The van der Waals surface area contributed by atoms with E-state index in [1.54, 1.807) is 6.07 Å². The van der Waals surface area contributed by atoms with Crippen molar-refractivity contribution in [3.63, 3.8) is 0 Å². The average Bonchev–Trinajstić information content (AvgIpc) is 2.42. The molecule has 0 heterocycles. The van der Waals surface area contributed by atoms with Crippen molar-refractivity contribution in [3.05, 3.63) is 34.1 Å². The first-order valence-electron chi connectivity index (χ1n) is 6.81. The molecule has 0 unspecified atom stereocenters. The summed E-state index contributed by atoms with van der Waals surface area (Å²) in [6.07, 6.45) is 6.53. The molecule has 0 aromatic heterocycles. The summed E-state index contributed by atoms with van der Waals surface area (Å²) >= 11 is 6.02. The summed E-state index contributed by atoms with van der Waals surface area (Å²) in [7, 11) is 0. The predicted octanol–water partition coefficient (Wildman–Crippen LogP) is 4.20. The highest BCUT2D eigenvalue weighted by Crippen LogP contribution is 2.40. The van der Waals surface area contributed by atoms with Crippen LogP contribution < -0.4 is 5.73 Å². The summed E-state index contributed by atoms with van der Waals surface area (Å²) in [4.78, 5) is 0. The van der Waals surface area contributed by atoms with Crippen LogP contribution in [0.5, 0.6) is 0 Å². The van der Waals surface area contributed by atoms with E-state index in [0.717, 1.165) is 18.4 Å². The van der Waals surface area contributed by atoms with Crippen molar-refractivity contribution in [2.75, 3.05) is 6.54 Å². The maximum absolute atomic E-state index is 13.8. The van der Waals surface area contributed by atoms with Crippen molar-refractivity contribution in [3.8, 4) is 0 Å². The Labute approximate surface area is 114 Å². The zero-order chi connectivity index (χ0) is 13.2. The van der Waals surface area contributed by atoms with Gasteiger partial charge in [-0.25, -0.2) is 4.39 Å². The van der Waals surface area contributed by atoms with Gasteiger partial charge >= 0.3 is 0 Å². The van der Waals surface area contributed by atoms with Crippen LogP contribution in [0.25, 0.3) is 0 Å². The molecule has 1 saturated carbocycles. The molecule has 2 N–H and O–H groups in total. The number of benzene rings is 1. The van der Waals surface area contributed by atoms with Crippen LogP contribution in [0, 0.1) is 5.82 Å². The molecule has 1 nitrogen and oxygen atoms in total. The molecule has 0 saturated heterocycles.